The number of hydrogen-bond donors (Lipinski definition) is 0. The Kier molecular flexibility index (Phi) is 3.90. The van der Waals surface area contributed by atoms with Crippen molar-refractivity contribution in [3.05, 3.63) is 21.9 Å². The van der Waals surface area contributed by atoms with Crippen molar-refractivity contribution >= 4 is 34.7 Å². The van der Waals surface area contributed by atoms with Crippen LogP contribution in [0.25, 0.3) is 0 Å². The van der Waals surface area contributed by atoms with Crippen LogP contribution in [0.1, 0.15) is 52.0 Å². The number of carbonyl (C=O) groups excluding carboxylic acids is 4. The number of nitrogens with zero attached hydrogens (tertiary/aromatic N) is 2. The summed E-state index contributed by atoms with van der Waals surface area (Å²) in [7, 11) is 0. The predicted molar refractivity (Wildman–Crippen MR) is 110 cm³/mol. The summed E-state index contributed by atoms with van der Waals surface area (Å²) in [6.45, 7) is 4.49. The zero-order valence-corrected chi connectivity index (χ0v) is 18.0. The van der Waals surface area contributed by atoms with Gasteiger partial charge in [0, 0.05) is 38.0 Å². The topological polar surface area (TPSA) is 74.8 Å². The number of ketones is 2. The molecule has 6 fully saturated rings. The summed E-state index contributed by atoms with van der Waals surface area (Å²) < 4.78 is 0. The van der Waals surface area contributed by atoms with E-state index < -0.39 is 0 Å². The van der Waals surface area contributed by atoms with Gasteiger partial charge in [0.2, 0.25) is 5.91 Å². The quantitative estimate of drug-likeness (QED) is 0.696. The van der Waals surface area contributed by atoms with Crippen LogP contribution in [0.3, 0.4) is 0 Å². The first-order chi connectivity index (χ1) is 14.4. The molecule has 2 saturated heterocycles. The molecule has 6 nitrogen and oxygen atoms in total. The second-order valence-corrected chi connectivity index (χ2v) is 11.1. The highest BCUT2D eigenvalue weighted by Gasteiger charge is 2.75. The van der Waals surface area contributed by atoms with Gasteiger partial charge >= 0.3 is 0 Å². The Morgan fingerprint density at radius 2 is 1.70 bits per heavy atom. The fourth-order valence-electron chi connectivity index (χ4n) is 6.90. The van der Waals surface area contributed by atoms with Crippen LogP contribution in [0.15, 0.2) is 12.1 Å². The molecule has 0 radical (unpaired) electrons. The van der Waals surface area contributed by atoms with Crippen molar-refractivity contribution in [1.29, 1.82) is 0 Å². The molecule has 0 N–H and O–H groups in total. The number of likely N-dealkylation sites (tertiary alicyclic amines) is 2. The van der Waals surface area contributed by atoms with Crippen molar-refractivity contribution in [2.45, 2.75) is 32.6 Å². The molecule has 0 unspecified atom stereocenters. The number of amides is 2. The van der Waals surface area contributed by atoms with Crippen LogP contribution >= 0.6 is 11.3 Å². The van der Waals surface area contributed by atoms with Crippen molar-refractivity contribution in [3.8, 4) is 0 Å². The minimum absolute atomic E-state index is 0.00800. The van der Waals surface area contributed by atoms with Gasteiger partial charge in [0.1, 0.15) is 5.78 Å². The fraction of sp³-hybridized carbons (Fsp3) is 0.652. The Balaban J connectivity index is 1.08. The highest BCUT2D eigenvalue weighted by atomic mass is 32.1. The second kappa shape index (κ2) is 6.25. The average Bonchev–Trinajstić information content (AvgIpc) is 3.30. The van der Waals surface area contributed by atoms with Crippen molar-refractivity contribution in [2.24, 2.45) is 35.0 Å². The van der Waals surface area contributed by atoms with E-state index in [9.17, 15) is 19.2 Å². The molecule has 4 saturated carbocycles. The zero-order valence-electron chi connectivity index (χ0n) is 17.1. The SMILES string of the molecule is CC(=O)c1ccc(C(=O)N2CCC3(CC2)CCN(C(=O)[C@H]2[C@H]4[C@H]5C[C@@H]2C(=O)[C@H]54)C3)s1. The smallest absolute Gasteiger partial charge is 0.263 e. The lowest BCUT2D eigenvalue weighted by molar-refractivity contribution is -0.138. The molecule has 158 valence electrons. The number of carbonyl (C=O) groups is 4. The molecule has 2 amide bonds. The summed E-state index contributed by atoms with van der Waals surface area (Å²) in [4.78, 5) is 54.9. The molecule has 1 aromatic heterocycles. The molecule has 6 aliphatic rings. The first-order valence-electron chi connectivity index (χ1n) is 11.1. The summed E-state index contributed by atoms with van der Waals surface area (Å²) in [6.07, 6.45) is 3.77. The number of thiophene rings is 1. The van der Waals surface area contributed by atoms with E-state index in [0.717, 1.165) is 38.8 Å². The summed E-state index contributed by atoms with van der Waals surface area (Å²) >= 11 is 1.27. The van der Waals surface area contributed by atoms with Gasteiger partial charge in [-0.2, -0.15) is 0 Å². The Hall–Kier alpha value is -2.02. The predicted octanol–water partition coefficient (Wildman–Crippen LogP) is 2.49. The van der Waals surface area contributed by atoms with E-state index in [1.54, 1.807) is 12.1 Å². The van der Waals surface area contributed by atoms with Crippen LogP contribution < -0.4 is 0 Å². The number of rotatable bonds is 3. The Morgan fingerprint density at radius 1 is 1.03 bits per heavy atom. The molecular weight excluding hydrogens is 400 g/mol. The maximum absolute atomic E-state index is 13.2. The summed E-state index contributed by atoms with van der Waals surface area (Å²) in [5, 5.41) is 0. The minimum atomic E-state index is -0.0291. The Bertz CT molecular complexity index is 976. The van der Waals surface area contributed by atoms with Crippen LogP contribution in [0.5, 0.6) is 0 Å². The Morgan fingerprint density at radius 3 is 2.23 bits per heavy atom. The van der Waals surface area contributed by atoms with Crippen molar-refractivity contribution in [1.82, 2.24) is 9.80 Å². The van der Waals surface area contributed by atoms with Gasteiger partial charge in [0.15, 0.2) is 5.78 Å². The fourth-order valence-corrected chi connectivity index (χ4v) is 7.77. The van der Waals surface area contributed by atoms with Crippen LogP contribution in [-0.4, -0.2) is 59.4 Å². The van der Waals surface area contributed by atoms with Gasteiger partial charge < -0.3 is 9.80 Å². The Labute approximate surface area is 179 Å². The molecule has 3 heterocycles. The average molecular weight is 427 g/mol. The lowest BCUT2D eigenvalue weighted by Crippen LogP contribution is -2.45. The summed E-state index contributed by atoms with van der Waals surface area (Å²) in [5.74, 6) is 1.67. The lowest BCUT2D eigenvalue weighted by atomic mass is 9.77. The van der Waals surface area contributed by atoms with Gasteiger partial charge in [-0.25, -0.2) is 0 Å². The van der Waals surface area contributed by atoms with Crippen LogP contribution in [-0.2, 0) is 9.59 Å². The van der Waals surface area contributed by atoms with Gasteiger partial charge in [-0.15, -0.1) is 11.3 Å². The first-order valence-corrected chi connectivity index (χ1v) is 11.9. The molecule has 7 heteroatoms. The van der Waals surface area contributed by atoms with E-state index in [4.69, 9.17) is 0 Å². The summed E-state index contributed by atoms with van der Waals surface area (Å²) in [5.41, 5.74) is 0.112. The zero-order chi connectivity index (χ0) is 20.8. The van der Waals surface area contributed by atoms with E-state index in [1.165, 1.54) is 18.3 Å². The molecule has 5 atom stereocenters. The van der Waals surface area contributed by atoms with E-state index in [1.807, 2.05) is 9.80 Å². The summed E-state index contributed by atoms with van der Waals surface area (Å²) in [6, 6.07) is 3.48. The molecular formula is C23H26N2O4S. The maximum Gasteiger partial charge on any atom is 0.263 e. The maximum atomic E-state index is 13.2. The molecule has 4 bridgehead atoms. The first kappa shape index (κ1) is 18.7. The number of Topliss-reactive ketones (excluding diaryl/α,β-unsaturated/α-hetero) is 2. The number of hydrogen-bond acceptors (Lipinski definition) is 5. The van der Waals surface area contributed by atoms with E-state index in [2.05, 4.69) is 0 Å². The van der Waals surface area contributed by atoms with Crippen molar-refractivity contribution < 1.29 is 19.2 Å². The standard InChI is InChI=1S/C23H26N2O4S/c1-12(26)15-2-3-16(30-15)21(28)24-7-4-23(5-8-24)6-9-25(11-23)22(29)19-14-10-13-17(19)18(13)20(14)27/h2-3,13-14,17-19H,4-11H2,1H3/t13-,14+,17+,18-,19-/m1/s1. The number of piperidine rings is 1. The van der Waals surface area contributed by atoms with Gasteiger partial charge in [0.05, 0.1) is 15.7 Å². The van der Waals surface area contributed by atoms with E-state index in [0.29, 0.717) is 40.5 Å². The van der Waals surface area contributed by atoms with Crippen molar-refractivity contribution in [3.63, 3.8) is 0 Å². The normalized spacial score (nSPS) is 35.4. The highest BCUT2D eigenvalue weighted by molar-refractivity contribution is 7.15. The largest absolute Gasteiger partial charge is 0.342 e. The van der Waals surface area contributed by atoms with Gasteiger partial charge in [-0.3, -0.25) is 19.2 Å². The molecule has 0 aromatic carbocycles. The molecule has 1 spiro atoms. The van der Waals surface area contributed by atoms with Gasteiger partial charge in [0.25, 0.3) is 5.91 Å². The van der Waals surface area contributed by atoms with Gasteiger partial charge in [-0.1, -0.05) is 0 Å². The molecule has 30 heavy (non-hydrogen) atoms. The van der Waals surface area contributed by atoms with E-state index >= 15 is 0 Å². The van der Waals surface area contributed by atoms with Crippen LogP contribution in [0.2, 0.25) is 0 Å². The monoisotopic (exact) mass is 426 g/mol. The lowest BCUT2D eigenvalue weighted by Gasteiger charge is -2.39. The van der Waals surface area contributed by atoms with Crippen LogP contribution in [0.4, 0.5) is 0 Å². The second-order valence-electron chi connectivity index (χ2n) is 10.1. The van der Waals surface area contributed by atoms with Crippen LogP contribution in [0, 0.1) is 35.0 Å². The van der Waals surface area contributed by atoms with Crippen molar-refractivity contribution in [2.75, 3.05) is 26.2 Å². The van der Waals surface area contributed by atoms with E-state index in [-0.39, 0.29) is 40.8 Å². The third-order valence-corrected chi connectivity index (χ3v) is 9.78. The molecule has 1 aromatic rings. The highest BCUT2D eigenvalue weighted by Crippen LogP contribution is 2.71. The molecule has 7 rings (SSSR count). The molecule has 4 aliphatic carbocycles. The molecule has 2 aliphatic heterocycles. The third kappa shape index (κ3) is 2.53. The van der Waals surface area contributed by atoms with Gasteiger partial charge in [-0.05, 0) is 62.0 Å². The third-order valence-electron chi connectivity index (χ3n) is 8.61. The minimum Gasteiger partial charge on any atom is -0.342 e.